The van der Waals surface area contributed by atoms with Crippen molar-refractivity contribution in [2.24, 2.45) is 11.7 Å². The van der Waals surface area contributed by atoms with Crippen molar-refractivity contribution in [3.05, 3.63) is 41.8 Å². The maximum absolute atomic E-state index is 13.1. The number of halogens is 2. The first-order valence-electron chi connectivity index (χ1n) is 7.74. The number of piperidine rings is 1. The molecule has 2 heterocycles. The van der Waals surface area contributed by atoms with Gasteiger partial charge in [-0.05, 0) is 49.1 Å². The minimum absolute atomic E-state index is 0. The molecule has 0 unspecified atom stereocenters. The van der Waals surface area contributed by atoms with Crippen LogP contribution in [0.5, 0.6) is 0 Å². The Bertz CT molecular complexity index is 640. The standard InChI is InChI=1S/C17H21FN4.ClH/c1-12-6-8-22(9-7-12)17-20-15(11-19)10-16(21-17)13-2-4-14(18)5-3-13;/h2-5,10,12H,6-9,11,19H2,1H3;1H. The number of anilines is 1. The minimum Gasteiger partial charge on any atom is -0.341 e. The molecule has 0 bridgehead atoms. The van der Waals surface area contributed by atoms with Crippen LogP contribution in [0.25, 0.3) is 11.3 Å². The lowest BCUT2D eigenvalue weighted by Crippen LogP contribution is -2.34. The average Bonchev–Trinajstić information content (AvgIpc) is 2.55. The Morgan fingerprint density at radius 3 is 2.43 bits per heavy atom. The molecule has 0 amide bonds. The summed E-state index contributed by atoms with van der Waals surface area (Å²) in [7, 11) is 0. The molecule has 1 saturated heterocycles. The van der Waals surface area contributed by atoms with Crippen molar-refractivity contribution in [1.82, 2.24) is 9.97 Å². The van der Waals surface area contributed by atoms with Crippen molar-refractivity contribution in [2.45, 2.75) is 26.3 Å². The number of nitrogens with two attached hydrogens (primary N) is 1. The summed E-state index contributed by atoms with van der Waals surface area (Å²) in [4.78, 5) is 11.4. The van der Waals surface area contributed by atoms with Crippen molar-refractivity contribution in [3.8, 4) is 11.3 Å². The molecule has 1 fully saturated rings. The van der Waals surface area contributed by atoms with Gasteiger partial charge in [-0.15, -0.1) is 12.4 Å². The smallest absolute Gasteiger partial charge is 0.226 e. The fourth-order valence-electron chi connectivity index (χ4n) is 2.71. The molecule has 124 valence electrons. The molecule has 1 aromatic carbocycles. The second kappa shape index (κ2) is 7.70. The van der Waals surface area contributed by atoms with Crippen LogP contribution in [0.3, 0.4) is 0 Å². The van der Waals surface area contributed by atoms with Gasteiger partial charge < -0.3 is 10.6 Å². The molecule has 0 spiro atoms. The molecule has 4 nitrogen and oxygen atoms in total. The van der Waals surface area contributed by atoms with Gasteiger partial charge in [-0.2, -0.15) is 0 Å². The first kappa shape index (κ1) is 17.6. The lowest BCUT2D eigenvalue weighted by Gasteiger charge is -2.30. The lowest BCUT2D eigenvalue weighted by atomic mass is 10.00. The Hall–Kier alpha value is -1.72. The predicted octanol–water partition coefficient (Wildman–Crippen LogP) is 3.40. The maximum atomic E-state index is 13.1. The van der Waals surface area contributed by atoms with Crippen molar-refractivity contribution < 1.29 is 4.39 Å². The Balaban J connectivity index is 0.00000192. The molecule has 0 atom stereocenters. The van der Waals surface area contributed by atoms with Gasteiger partial charge in [0.05, 0.1) is 11.4 Å². The predicted molar refractivity (Wildman–Crippen MR) is 93.2 cm³/mol. The van der Waals surface area contributed by atoms with E-state index in [1.54, 1.807) is 12.1 Å². The minimum atomic E-state index is -0.248. The van der Waals surface area contributed by atoms with E-state index in [1.165, 1.54) is 12.1 Å². The third-order valence-corrected chi connectivity index (χ3v) is 4.18. The van der Waals surface area contributed by atoms with Crippen molar-refractivity contribution in [1.29, 1.82) is 0 Å². The number of aromatic nitrogens is 2. The normalized spacial score (nSPS) is 15.3. The summed E-state index contributed by atoms with van der Waals surface area (Å²) in [6.45, 7) is 4.59. The third kappa shape index (κ3) is 4.18. The second-order valence-electron chi connectivity index (χ2n) is 5.93. The molecule has 23 heavy (non-hydrogen) atoms. The molecule has 0 saturated carbocycles. The van der Waals surface area contributed by atoms with E-state index in [-0.39, 0.29) is 18.2 Å². The van der Waals surface area contributed by atoms with Crippen LogP contribution in [0.2, 0.25) is 0 Å². The summed E-state index contributed by atoms with van der Waals surface area (Å²) >= 11 is 0. The topological polar surface area (TPSA) is 55.0 Å². The highest BCUT2D eigenvalue weighted by molar-refractivity contribution is 5.85. The highest BCUT2D eigenvalue weighted by Gasteiger charge is 2.19. The van der Waals surface area contributed by atoms with Gasteiger partial charge in [-0.1, -0.05) is 6.92 Å². The number of nitrogens with zero attached hydrogens (tertiary/aromatic N) is 3. The Labute approximate surface area is 142 Å². The second-order valence-corrected chi connectivity index (χ2v) is 5.93. The van der Waals surface area contributed by atoms with E-state index < -0.39 is 0 Å². The highest BCUT2D eigenvalue weighted by atomic mass is 35.5. The molecule has 1 aromatic heterocycles. The molecule has 1 aliphatic heterocycles. The van der Waals surface area contributed by atoms with Crippen LogP contribution in [-0.2, 0) is 6.54 Å². The van der Waals surface area contributed by atoms with Crippen molar-refractivity contribution in [3.63, 3.8) is 0 Å². The molecule has 1 aliphatic rings. The van der Waals surface area contributed by atoms with E-state index in [2.05, 4.69) is 21.8 Å². The first-order valence-corrected chi connectivity index (χ1v) is 7.74. The zero-order chi connectivity index (χ0) is 15.5. The van der Waals surface area contributed by atoms with E-state index in [9.17, 15) is 4.39 Å². The van der Waals surface area contributed by atoms with Gasteiger partial charge in [-0.3, -0.25) is 0 Å². The van der Waals surface area contributed by atoms with Gasteiger partial charge in [-0.25, -0.2) is 14.4 Å². The Morgan fingerprint density at radius 2 is 1.83 bits per heavy atom. The molecule has 3 rings (SSSR count). The monoisotopic (exact) mass is 336 g/mol. The summed E-state index contributed by atoms with van der Waals surface area (Å²) in [5.74, 6) is 1.24. The quantitative estimate of drug-likeness (QED) is 0.933. The molecule has 6 heteroatoms. The number of hydrogen-bond acceptors (Lipinski definition) is 4. The molecule has 0 radical (unpaired) electrons. The zero-order valence-electron chi connectivity index (χ0n) is 13.2. The Kier molecular flexibility index (Phi) is 5.91. The van der Waals surface area contributed by atoms with Gasteiger partial charge in [0.2, 0.25) is 5.95 Å². The molecule has 2 aromatic rings. The molecule has 2 N–H and O–H groups in total. The number of benzene rings is 1. The summed E-state index contributed by atoms with van der Waals surface area (Å²) in [5.41, 5.74) is 8.26. The number of rotatable bonds is 3. The van der Waals surface area contributed by atoms with E-state index >= 15 is 0 Å². The first-order chi connectivity index (χ1) is 10.7. The summed E-state index contributed by atoms with van der Waals surface area (Å²) < 4.78 is 13.1. The summed E-state index contributed by atoms with van der Waals surface area (Å²) in [6.07, 6.45) is 2.31. The highest BCUT2D eigenvalue weighted by Crippen LogP contribution is 2.24. The van der Waals surface area contributed by atoms with Crippen LogP contribution in [-0.4, -0.2) is 23.1 Å². The van der Waals surface area contributed by atoms with Crippen LogP contribution >= 0.6 is 12.4 Å². The van der Waals surface area contributed by atoms with Gasteiger partial charge in [0.25, 0.3) is 0 Å². The van der Waals surface area contributed by atoms with Crippen LogP contribution in [0.15, 0.2) is 30.3 Å². The molecular weight excluding hydrogens is 315 g/mol. The fraction of sp³-hybridized carbons (Fsp3) is 0.412. The summed E-state index contributed by atoms with van der Waals surface area (Å²) in [5, 5.41) is 0. The van der Waals surface area contributed by atoms with Crippen LogP contribution in [0.1, 0.15) is 25.5 Å². The van der Waals surface area contributed by atoms with E-state index in [0.29, 0.717) is 6.54 Å². The van der Waals surface area contributed by atoms with Crippen LogP contribution < -0.4 is 10.6 Å². The van der Waals surface area contributed by atoms with E-state index in [4.69, 9.17) is 5.73 Å². The van der Waals surface area contributed by atoms with Crippen LogP contribution in [0.4, 0.5) is 10.3 Å². The fourth-order valence-corrected chi connectivity index (χ4v) is 2.71. The van der Waals surface area contributed by atoms with Gasteiger partial charge >= 0.3 is 0 Å². The van der Waals surface area contributed by atoms with Crippen molar-refractivity contribution in [2.75, 3.05) is 18.0 Å². The van der Waals surface area contributed by atoms with Crippen molar-refractivity contribution >= 4 is 18.4 Å². The SMILES string of the molecule is CC1CCN(c2nc(CN)cc(-c3ccc(F)cc3)n2)CC1.Cl. The third-order valence-electron chi connectivity index (χ3n) is 4.18. The Morgan fingerprint density at radius 1 is 1.17 bits per heavy atom. The van der Waals surface area contributed by atoms with E-state index in [0.717, 1.165) is 54.7 Å². The number of hydrogen-bond donors (Lipinski definition) is 1. The molecular formula is C17H22ClFN4. The lowest BCUT2D eigenvalue weighted by molar-refractivity contribution is 0.434. The van der Waals surface area contributed by atoms with E-state index in [1.807, 2.05) is 6.07 Å². The summed E-state index contributed by atoms with van der Waals surface area (Å²) in [6, 6.07) is 8.24. The van der Waals surface area contributed by atoms with Crippen LogP contribution in [0, 0.1) is 11.7 Å². The largest absolute Gasteiger partial charge is 0.341 e. The zero-order valence-corrected chi connectivity index (χ0v) is 14.0. The van der Waals surface area contributed by atoms with Gasteiger partial charge in [0.15, 0.2) is 0 Å². The molecule has 0 aliphatic carbocycles. The maximum Gasteiger partial charge on any atom is 0.226 e. The average molecular weight is 337 g/mol. The van der Waals surface area contributed by atoms with Gasteiger partial charge in [0, 0.05) is 25.2 Å². The van der Waals surface area contributed by atoms with Gasteiger partial charge in [0.1, 0.15) is 5.82 Å².